The highest BCUT2D eigenvalue weighted by atomic mass is 32.2. The maximum absolute atomic E-state index is 12.3. The molecule has 1 atom stereocenters. The van der Waals surface area contributed by atoms with E-state index in [-0.39, 0.29) is 4.90 Å². The minimum absolute atomic E-state index is 0.159. The zero-order valence-corrected chi connectivity index (χ0v) is 14.4. The second kappa shape index (κ2) is 6.00. The Balaban J connectivity index is 1.77. The lowest BCUT2D eigenvalue weighted by molar-refractivity contribution is 0.424. The van der Waals surface area contributed by atoms with Crippen LogP contribution < -0.4 is 4.72 Å². The van der Waals surface area contributed by atoms with Gasteiger partial charge in [0.25, 0.3) is 10.0 Å². The number of nitrogens with one attached hydrogen (secondary N) is 1. The van der Waals surface area contributed by atoms with Crippen molar-refractivity contribution in [2.75, 3.05) is 4.72 Å². The lowest BCUT2D eigenvalue weighted by Gasteiger charge is -2.19. The van der Waals surface area contributed by atoms with Crippen LogP contribution >= 0.6 is 11.3 Å². The summed E-state index contributed by atoms with van der Waals surface area (Å²) in [7, 11) is -1.91. The van der Waals surface area contributed by atoms with Crippen LogP contribution in [0.1, 0.15) is 36.8 Å². The molecule has 0 aliphatic heterocycles. The molecule has 0 spiro atoms. The van der Waals surface area contributed by atoms with E-state index in [1.807, 2.05) is 0 Å². The first-order valence-electron chi connectivity index (χ1n) is 7.48. The van der Waals surface area contributed by atoms with Gasteiger partial charge in [0.15, 0.2) is 5.13 Å². The first kappa shape index (κ1) is 15.5. The predicted octanol–water partition coefficient (Wildman–Crippen LogP) is 2.58. The molecule has 0 radical (unpaired) electrons. The normalized spacial score (nSPS) is 18.2. The lowest BCUT2D eigenvalue weighted by Crippen LogP contribution is -2.13. The van der Waals surface area contributed by atoms with Gasteiger partial charge < -0.3 is 0 Å². The molecule has 2 aromatic heterocycles. The Hall–Kier alpha value is -1.41. The Bertz CT molecular complexity index is 764. The van der Waals surface area contributed by atoms with E-state index in [1.165, 1.54) is 46.1 Å². The molecule has 0 saturated heterocycles. The summed E-state index contributed by atoms with van der Waals surface area (Å²) in [6.45, 7) is 2.20. The number of thiazole rings is 1. The average molecular weight is 340 g/mol. The van der Waals surface area contributed by atoms with Gasteiger partial charge in [-0.25, -0.2) is 13.4 Å². The Morgan fingerprint density at radius 3 is 3.00 bits per heavy atom. The highest BCUT2D eigenvalue weighted by molar-refractivity contribution is 7.93. The number of rotatable bonds is 5. The fourth-order valence-electron chi connectivity index (χ4n) is 2.85. The van der Waals surface area contributed by atoms with Crippen molar-refractivity contribution in [2.45, 2.75) is 43.9 Å². The third kappa shape index (κ3) is 3.17. The molecule has 1 N–H and O–H groups in total. The minimum atomic E-state index is -3.60. The third-order valence-electron chi connectivity index (χ3n) is 3.95. The van der Waals surface area contributed by atoms with Crippen molar-refractivity contribution in [3.8, 4) is 0 Å². The molecule has 0 amide bonds. The molecule has 0 aromatic carbocycles. The van der Waals surface area contributed by atoms with Gasteiger partial charge in [-0.1, -0.05) is 19.8 Å². The van der Waals surface area contributed by atoms with E-state index < -0.39 is 10.0 Å². The highest BCUT2D eigenvalue weighted by Crippen LogP contribution is 2.34. The molecular weight excluding hydrogens is 320 g/mol. The van der Waals surface area contributed by atoms with Crippen molar-refractivity contribution in [1.82, 2.24) is 14.8 Å². The summed E-state index contributed by atoms with van der Waals surface area (Å²) in [5.41, 5.74) is 1.06. The van der Waals surface area contributed by atoms with Gasteiger partial charge in [0.2, 0.25) is 0 Å². The topological polar surface area (TPSA) is 76.9 Å². The van der Waals surface area contributed by atoms with E-state index in [0.29, 0.717) is 11.0 Å². The molecule has 1 unspecified atom stereocenters. The fraction of sp³-hybridized carbons (Fsp3) is 0.571. The van der Waals surface area contributed by atoms with E-state index in [4.69, 9.17) is 0 Å². The third-order valence-corrected chi connectivity index (χ3v) is 6.41. The molecule has 6 nitrogen and oxygen atoms in total. The van der Waals surface area contributed by atoms with Gasteiger partial charge in [-0.15, -0.1) is 11.3 Å². The zero-order valence-electron chi connectivity index (χ0n) is 12.7. The largest absolute Gasteiger partial charge is 0.274 e. The molecule has 2 aromatic rings. The van der Waals surface area contributed by atoms with Crippen molar-refractivity contribution in [1.29, 1.82) is 0 Å². The van der Waals surface area contributed by atoms with Crippen LogP contribution in [-0.2, 0) is 29.9 Å². The molecule has 0 saturated carbocycles. The smallest absolute Gasteiger partial charge is 0.266 e. The number of fused-ring (bicyclic) bond motifs is 1. The quantitative estimate of drug-likeness (QED) is 0.907. The number of hydrogen-bond acceptors (Lipinski definition) is 5. The summed E-state index contributed by atoms with van der Waals surface area (Å²) in [4.78, 5) is 5.85. The molecule has 22 heavy (non-hydrogen) atoms. The molecule has 0 bridgehead atoms. The van der Waals surface area contributed by atoms with E-state index in [0.717, 1.165) is 25.0 Å². The van der Waals surface area contributed by atoms with Crippen molar-refractivity contribution in [3.05, 3.63) is 23.0 Å². The Labute approximate surface area is 134 Å². The van der Waals surface area contributed by atoms with Gasteiger partial charge in [0.05, 0.1) is 11.9 Å². The van der Waals surface area contributed by atoms with Crippen LogP contribution in [0.2, 0.25) is 0 Å². The van der Waals surface area contributed by atoms with Gasteiger partial charge in [-0.2, -0.15) is 5.10 Å². The molecule has 0 fully saturated rings. The number of nitrogens with zero attached hydrogens (tertiary/aromatic N) is 3. The number of aromatic nitrogens is 3. The molecule has 120 valence electrons. The Kier molecular flexibility index (Phi) is 4.22. The van der Waals surface area contributed by atoms with Gasteiger partial charge in [-0.3, -0.25) is 9.40 Å². The maximum Gasteiger partial charge on any atom is 0.266 e. The summed E-state index contributed by atoms with van der Waals surface area (Å²) in [6.07, 6.45) is 8.37. The molecular formula is C14H20N4O2S2. The van der Waals surface area contributed by atoms with E-state index in [1.54, 1.807) is 7.05 Å². The monoisotopic (exact) mass is 340 g/mol. The van der Waals surface area contributed by atoms with Crippen LogP contribution in [0.25, 0.3) is 0 Å². The maximum atomic E-state index is 12.3. The summed E-state index contributed by atoms with van der Waals surface area (Å²) in [5, 5.41) is 4.36. The summed E-state index contributed by atoms with van der Waals surface area (Å²) < 4.78 is 28.6. The van der Waals surface area contributed by atoms with Crippen molar-refractivity contribution in [2.24, 2.45) is 13.0 Å². The minimum Gasteiger partial charge on any atom is -0.274 e. The number of anilines is 1. The van der Waals surface area contributed by atoms with Crippen LogP contribution in [0.3, 0.4) is 0 Å². The standard InChI is InChI=1S/C14H20N4O2S2/c1-3-4-10-5-6-12-13(7-10)21-14(16-12)17-22(19,20)11-8-15-18(2)9-11/h8-10H,3-7H2,1-2H3,(H,16,17). The van der Waals surface area contributed by atoms with Crippen molar-refractivity contribution < 1.29 is 8.42 Å². The molecule has 8 heteroatoms. The lowest BCUT2D eigenvalue weighted by atomic mass is 9.88. The molecule has 3 rings (SSSR count). The van der Waals surface area contributed by atoms with Gasteiger partial charge in [0.1, 0.15) is 4.90 Å². The number of aryl methyl sites for hydroxylation is 2. The summed E-state index contributed by atoms with van der Waals surface area (Å²) in [5.74, 6) is 0.709. The first-order valence-corrected chi connectivity index (χ1v) is 9.78. The fourth-order valence-corrected chi connectivity index (χ4v) is 5.19. The molecule has 1 aliphatic carbocycles. The van der Waals surface area contributed by atoms with Crippen LogP contribution in [-0.4, -0.2) is 23.2 Å². The van der Waals surface area contributed by atoms with Crippen LogP contribution in [0.5, 0.6) is 0 Å². The van der Waals surface area contributed by atoms with E-state index in [2.05, 4.69) is 21.7 Å². The molecule has 2 heterocycles. The van der Waals surface area contributed by atoms with Crippen LogP contribution in [0, 0.1) is 5.92 Å². The number of hydrogen-bond donors (Lipinski definition) is 1. The Morgan fingerprint density at radius 2 is 2.32 bits per heavy atom. The van der Waals surface area contributed by atoms with Gasteiger partial charge >= 0.3 is 0 Å². The SMILES string of the molecule is CCCC1CCc2nc(NS(=O)(=O)c3cnn(C)c3)sc2C1. The van der Waals surface area contributed by atoms with E-state index in [9.17, 15) is 8.42 Å². The van der Waals surface area contributed by atoms with Gasteiger partial charge in [-0.05, 0) is 25.2 Å². The van der Waals surface area contributed by atoms with Crippen molar-refractivity contribution >= 4 is 26.5 Å². The van der Waals surface area contributed by atoms with Gasteiger partial charge in [0, 0.05) is 18.1 Å². The molecule has 1 aliphatic rings. The van der Waals surface area contributed by atoms with Crippen molar-refractivity contribution in [3.63, 3.8) is 0 Å². The van der Waals surface area contributed by atoms with Crippen LogP contribution in [0.4, 0.5) is 5.13 Å². The second-order valence-corrected chi connectivity index (χ2v) is 8.51. The zero-order chi connectivity index (χ0) is 15.7. The van der Waals surface area contributed by atoms with Crippen LogP contribution in [0.15, 0.2) is 17.3 Å². The second-order valence-electron chi connectivity index (χ2n) is 5.74. The first-order chi connectivity index (χ1) is 10.5. The number of sulfonamides is 1. The average Bonchev–Trinajstić information content (AvgIpc) is 3.04. The Morgan fingerprint density at radius 1 is 1.50 bits per heavy atom. The van der Waals surface area contributed by atoms with E-state index >= 15 is 0 Å². The summed E-state index contributed by atoms with van der Waals surface area (Å²) in [6, 6.07) is 0. The highest BCUT2D eigenvalue weighted by Gasteiger charge is 2.24. The summed E-state index contributed by atoms with van der Waals surface area (Å²) >= 11 is 1.46. The predicted molar refractivity (Wildman–Crippen MR) is 86.6 cm³/mol.